The van der Waals surface area contributed by atoms with Gasteiger partial charge >= 0.3 is 6.09 Å². The molecule has 26 heavy (non-hydrogen) atoms. The maximum atomic E-state index is 13.0. The Balaban J connectivity index is 1.91. The van der Waals surface area contributed by atoms with Crippen LogP contribution in [-0.4, -0.2) is 103 Å². The highest BCUT2D eigenvalue weighted by Crippen LogP contribution is 2.24. The molecule has 3 amide bonds. The Kier molecular flexibility index (Phi) is 6.86. The zero-order valence-corrected chi connectivity index (χ0v) is 16.5. The molecule has 0 aromatic rings. The Labute approximate surface area is 156 Å². The molecule has 0 aliphatic carbocycles. The quantitative estimate of drug-likeness (QED) is 0.675. The van der Waals surface area contributed by atoms with E-state index in [2.05, 4.69) is 11.8 Å². The van der Waals surface area contributed by atoms with Crippen molar-refractivity contribution in [3.05, 3.63) is 0 Å². The van der Waals surface area contributed by atoms with Gasteiger partial charge in [-0.05, 0) is 27.3 Å². The predicted molar refractivity (Wildman–Crippen MR) is 97.7 cm³/mol. The summed E-state index contributed by atoms with van der Waals surface area (Å²) >= 11 is 0. The third-order valence-corrected chi connectivity index (χ3v) is 5.27. The summed E-state index contributed by atoms with van der Waals surface area (Å²) in [6, 6.07) is 0. The van der Waals surface area contributed by atoms with Crippen LogP contribution >= 0.6 is 0 Å². The molecule has 8 nitrogen and oxygen atoms in total. The molecule has 2 rings (SSSR count). The van der Waals surface area contributed by atoms with Crippen LogP contribution in [-0.2, 0) is 14.3 Å². The topological polar surface area (TPSA) is 73.4 Å². The fourth-order valence-corrected chi connectivity index (χ4v) is 3.46. The van der Waals surface area contributed by atoms with E-state index in [-0.39, 0.29) is 17.9 Å². The number of likely N-dealkylation sites (N-methyl/N-ethyl adjacent to an activating group) is 1. The molecule has 2 heterocycles. The van der Waals surface area contributed by atoms with E-state index in [0.717, 1.165) is 19.6 Å². The normalized spacial score (nSPS) is 19.5. The molecule has 0 aromatic heterocycles. The van der Waals surface area contributed by atoms with Gasteiger partial charge < -0.3 is 24.3 Å². The second-order valence-corrected chi connectivity index (χ2v) is 7.33. The Hall–Kier alpha value is -1.83. The SMILES string of the molecule is CCOC(=O)N1CCN(C(=O)C(C)(C)C(=O)N2CCN(CC)CC2)CC1. The maximum absolute atomic E-state index is 13.0. The summed E-state index contributed by atoms with van der Waals surface area (Å²) in [7, 11) is 0. The number of hydrogen-bond acceptors (Lipinski definition) is 5. The van der Waals surface area contributed by atoms with Gasteiger partial charge in [0.15, 0.2) is 0 Å². The van der Waals surface area contributed by atoms with Gasteiger partial charge in [0, 0.05) is 52.4 Å². The lowest BCUT2D eigenvalue weighted by Crippen LogP contribution is -2.58. The molecule has 0 aromatic carbocycles. The zero-order chi connectivity index (χ0) is 19.3. The van der Waals surface area contributed by atoms with E-state index in [1.807, 2.05) is 0 Å². The molecule has 0 radical (unpaired) electrons. The number of carbonyl (C=O) groups excluding carboxylic acids is 3. The van der Waals surface area contributed by atoms with E-state index >= 15 is 0 Å². The summed E-state index contributed by atoms with van der Waals surface area (Å²) in [4.78, 5) is 45.1. The van der Waals surface area contributed by atoms with Crippen LogP contribution in [0.1, 0.15) is 27.7 Å². The standard InChI is InChI=1S/C18H32N4O4/c1-5-19-7-9-20(10-8-19)15(23)18(3,4)16(24)21-11-13-22(14-12-21)17(25)26-6-2/h5-14H2,1-4H3. The van der Waals surface area contributed by atoms with Crippen molar-refractivity contribution in [2.75, 3.05) is 65.5 Å². The minimum Gasteiger partial charge on any atom is -0.450 e. The molecule has 0 saturated carbocycles. The molecule has 148 valence electrons. The lowest BCUT2D eigenvalue weighted by Gasteiger charge is -2.41. The van der Waals surface area contributed by atoms with Crippen LogP contribution in [0, 0.1) is 5.41 Å². The van der Waals surface area contributed by atoms with Crippen molar-refractivity contribution in [2.24, 2.45) is 5.41 Å². The first-order valence-corrected chi connectivity index (χ1v) is 9.54. The molecule has 2 saturated heterocycles. The Bertz CT molecular complexity index is 521. The van der Waals surface area contributed by atoms with Crippen LogP contribution in [0.4, 0.5) is 4.79 Å². The van der Waals surface area contributed by atoms with E-state index < -0.39 is 5.41 Å². The molecule has 8 heteroatoms. The van der Waals surface area contributed by atoms with Gasteiger partial charge in [-0.15, -0.1) is 0 Å². The molecule has 0 bridgehead atoms. The number of carbonyl (C=O) groups is 3. The summed E-state index contributed by atoms with van der Waals surface area (Å²) in [6.45, 7) is 13.4. The van der Waals surface area contributed by atoms with Gasteiger partial charge in [0.25, 0.3) is 0 Å². The molecule has 0 spiro atoms. The number of amides is 3. The molecule has 2 aliphatic heterocycles. The summed E-state index contributed by atoms with van der Waals surface area (Å²) in [5.74, 6) is -0.269. The number of piperazine rings is 2. The molecule has 0 unspecified atom stereocenters. The third-order valence-electron chi connectivity index (χ3n) is 5.27. The van der Waals surface area contributed by atoms with E-state index in [1.165, 1.54) is 0 Å². The maximum Gasteiger partial charge on any atom is 0.409 e. The Morgan fingerprint density at radius 3 is 1.62 bits per heavy atom. The van der Waals surface area contributed by atoms with E-state index in [1.54, 1.807) is 35.5 Å². The lowest BCUT2D eigenvalue weighted by molar-refractivity contribution is -0.156. The van der Waals surface area contributed by atoms with Crippen molar-refractivity contribution in [3.63, 3.8) is 0 Å². The van der Waals surface area contributed by atoms with Crippen LogP contribution in [0.15, 0.2) is 0 Å². The first kappa shape index (κ1) is 20.5. The second kappa shape index (κ2) is 8.70. The predicted octanol–water partition coefficient (Wildman–Crippen LogP) is 0.477. The summed E-state index contributed by atoms with van der Waals surface area (Å²) in [5.41, 5.74) is -1.08. The van der Waals surface area contributed by atoms with Gasteiger partial charge in [-0.3, -0.25) is 9.59 Å². The van der Waals surface area contributed by atoms with Crippen LogP contribution in [0.2, 0.25) is 0 Å². The molecule has 0 atom stereocenters. The molecule has 2 aliphatic rings. The van der Waals surface area contributed by atoms with Crippen LogP contribution < -0.4 is 0 Å². The molecular formula is C18H32N4O4. The van der Waals surface area contributed by atoms with Crippen molar-refractivity contribution in [2.45, 2.75) is 27.7 Å². The fraction of sp³-hybridized carbons (Fsp3) is 0.833. The first-order valence-electron chi connectivity index (χ1n) is 9.54. The van der Waals surface area contributed by atoms with Gasteiger partial charge in [0.05, 0.1) is 6.61 Å². The minimum atomic E-state index is -1.08. The number of ether oxygens (including phenoxy) is 1. The second-order valence-electron chi connectivity index (χ2n) is 7.33. The van der Waals surface area contributed by atoms with Crippen LogP contribution in [0.3, 0.4) is 0 Å². The van der Waals surface area contributed by atoms with E-state index in [4.69, 9.17) is 4.74 Å². The summed E-state index contributed by atoms with van der Waals surface area (Å²) in [6.07, 6.45) is -0.344. The Morgan fingerprint density at radius 2 is 1.19 bits per heavy atom. The average Bonchev–Trinajstić information content (AvgIpc) is 2.67. The van der Waals surface area contributed by atoms with Crippen molar-refractivity contribution in [1.82, 2.24) is 19.6 Å². The molecule has 2 fully saturated rings. The van der Waals surface area contributed by atoms with Gasteiger partial charge in [-0.25, -0.2) is 4.79 Å². The van der Waals surface area contributed by atoms with Crippen molar-refractivity contribution in [1.29, 1.82) is 0 Å². The van der Waals surface area contributed by atoms with Gasteiger partial charge in [-0.1, -0.05) is 6.92 Å². The van der Waals surface area contributed by atoms with Crippen LogP contribution in [0.25, 0.3) is 0 Å². The summed E-state index contributed by atoms with van der Waals surface area (Å²) < 4.78 is 5.00. The lowest BCUT2D eigenvalue weighted by atomic mass is 9.89. The van der Waals surface area contributed by atoms with Gasteiger partial charge in [0.2, 0.25) is 11.8 Å². The smallest absolute Gasteiger partial charge is 0.409 e. The largest absolute Gasteiger partial charge is 0.450 e. The van der Waals surface area contributed by atoms with E-state index in [9.17, 15) is 14.4 Å². The number of nitrogens with zero attached hydrogens (tertiary/aromatic N) is 4. The van der Waals surface area contributed by atoms with Crippen molar-refractivity contribution in [3.8, 4) is 0 Å². The Morgan fingerprint density at radius 1 is 0.769 bits per heavy atom. The minimum absolute atomic E-state index is 0.105. The first-order chi connectivity index (χ1) is 12.3. The highest BCUT2D eigenvalue weighted by Gasteiger charge is 2.43. The van der Waals surface area contributed by atoms with Gasteiger partial charge in [-0.2, -0.15) is 0 Å². The highest BCUT2D eigenvalue weighted by molar-refractivity contribution is 6.04. The average molecular weight is 368 g/mol. The third kappa shape index (κ3) is 4.47. The molecular weight excluding hydrogens is 336 g/mol. The van der Waals surface area contributed by atoms with Crippen LogP contribution in [0.5, 0.6) is 0 Å². The summed E-state index contributed by atoms with van der Waals surface area (Å²) in [5, 5.41) is 0. The zero-order valence-electron chi connectivity index (χ0n) is 16.5. The number of hydrogen-bond donors (Lipinski definition) is 0. The van der Waals surface area contributed by atoms with E-state index in [0.29, 0.717) is 45.9 Å². The fourth-order valence-electron chi connectivity index (χ4n) is 3.46. The van der Waals surface area contributed by atoms with Crippen molar-refractivity contribution >= 4 is 17.9 Å². The van der Waals surface area contributed by atoms with Crippen molar-refractivity contribution < 1.29 is 19.1 Å². The van der Waals surface area contributed by atoms with Gasteiger partial charge in [0.1, 0.15) is 5.41 Å². The molecule has 0 N–H and O–H groups in total. The highest BCUT2D eigenvalue weighted by atomic mass is 16.6. The number of rotatable bonds is 4. The monoisotopic (exact) mass is 368 g/mol.